The van der Waals surface area contributed by atoms with Gasteiger partial charge in [0.2, 0.25) is 0 Å². The van der Waals surface area contributed by atoms with E-state index in [4.69, 9.17) is 0 Å². The number of nitrogens with zero attached hydrogens (tertiary/aromatic N) is 1. The van der Waals surface area contributed by atoms with Crippen LogP contribution in [0.2, 0.25) is 0 Å². The Hall–Kier alpha value is -1.94. The summed E-state index contributed by atoms with van der Waals surface area (Å²) >= 11 is 0. The van der Waals surface area contributed by atoms with E-state index in [1.165, 1.54) is 0 Å². The minimum atomic E-state index is -0.0795. The molecule has 0 atom stereocenters. The Balaban J connectivity index is 2.57. The third-order valence-electron chi connectivity index (χ3n) is 2.59. The Morgan fingerprint density at radius 3 is 2.65 bits per heavy atom. The van der Waals surface area contributed by atoms with Crippen molar-refractivity contribution in [1.82, 2.24) is 15.3 Å². The van der Waals surface area contributed by atoms with Crippen molar-refractivity contribution < 1.29 is 0 Å². The minimum Gasteiger partial charge on any atom is -0.313 e. The van der Waals surface area contributed by atoms with Crippen LogP contribution in [-0.2, 0) is 6.54 Å². The van der Waals surface area contributed by atoms with E-state index in [0.29, 0.717) is 17.9 Å². The molecule has 0 aliphatic heterocycles. The zero-order chi connectivity index (χ0) is 12.3. The third kappa shape index (κ3) is 2.42. The maximum absolute atomic E-state index is 11.8. The molecule has 0 aliphatic rings. The standard InChI is InChI=1S/C13H15N3O/c1-9-12(10-6-4-3-5-7-10)15-11(8-14-2)16-13(9)17/h3-7,14H,8H2,1-2H3,(H,15,16,17). The van der Waals surface area contributed by atoms with E-state index in [1.54, 1.807) is 6.92 Å². The molecule has 0 amide bonds. The first-order valence-electron chi connectivity index (χ1n) is 5.52. The number of hydrogen-bond donors (Lipinski definition) is 2. The molecule has 2 rings (SSSR count). The second kappa shape index (κ2) is 4.93. The van der Waals surface area contributed by atoms with Gasteiger partial charge in [0.1, 0.15) is 5.82 Å². The molecule has 1 heterocycles. The van der Waals surface area contributed by atoms with Crippen molar-refractivity contribution in [3.63, 3.8) is 0 Å². The maximum Gasteiger partial charge on any atom is 0.254 e. The summed E-state index contributed by atoms with van der Waals surface area (Å²) in [4.78, 5) is 19.0. The Kier molecular flexibility index (Phi) is 3.35. The van der Waals surface area contributed by atoms with Gasteiger partial charge in [0, 0.05) is 11.1 Å². The molecule has 4 heteroatoms. The Labute approximate surface area is 99.7 Å². The number of hydrogen-bond acceptors (Lipinski definition) is 3. The number of aromatic amines is 1. The monoisotopic (exact) mass is 229 g/mol. The largest absolute Gasteiger partial charge is 0.313 e. The third-order valence-corrected chi connectivity index (χ3v) is 2.59. The number of rotatable bonds is 3. The molecule has 0 saturated carbocycles. The highest BCUT2D eigenvalue weighted by Crippen LogP contribution is 2.17. The lowest BCUT2D eigenvalue weighted by molar-refractivity contribution is 0.751. The van der Waals surface area contributed by atoms with Gasteiger partial charge in [-0.05, 0) is 14.0 Å². The molecular formula is C13H15N3O. The molecule has 0 unspecified atom stereocenters. The summed E-state index contributed by atoms with van der Waals surface area (Å²) in [6.07, 6.45) is 0. The van der Waals surface area contributed by atoms with Gasteiger partial charge in [-0.2, -0.15) is 0 Å². The molecule has 2 N–H and O–H groups in total. The predicted octanol–water partition coefficient (Wildman–Crippen LogP) is 1.46. The number of aromatic nitrogens is 2. The molecule has 0 bridgehead atoms. The predicted molar refractivity (Wildman–Crippen MR) is 67.8 cm³/mol. The highest BCUT2D eigenvalue weighted by Gasteiger charge is 2.08. The first-order valence-corrected chi connectivity index (χ1v) is 5.52. The first-order chi connectivity index (χ1) is 8.22. The van der Waals surface area contributed by atoms with E-state index < -0.39 is 0 Å². The molecule has 17 heavy (non-hydrogen) atoms. The molecule has 0 fully saturated rings. The van der Waals surface area contributed by atoms with Crippen LogP contribution in [0.25, 0.3) is 11.3 Å². The second-order valence-corrected chi connectivity index (χ2v) is 3.88. The van der Waals surface area contributed by atoms with Crippen LogP contribution in [0, 0.1) is 6.92 Å². The van der Waals surface area contributed by atoms with E-state index in [2.05, 4.69) is 15.3 Å². The molecule has 0 spiro atoms. The van der Waals surface area contributed by atoms with Gasteiger partial charge in [-0.1, -0.05) is 30.3 Å². The molecular weight excluding hydrogens is 214 g/mol. The Morgan fingerprint density at radius 2 is 2.00 bits per heavy atom. The SMILES string of the molecule is CNCc1nc(-c2ccccc2)c(C)c(=O)[nH]1. The average molecular weight is 229 g/mol. The van der Waals surface area contributed by atoms with Crippen molar-refractivity contribution in [3.8, 4) is 11.3 Å². The molecule has 88 valence electrons. The summed E-state index contributed by atoms with van der Waals surface area (Å²) < 4.78 is 0. The summed E-state index contributed by atoms with van der Waals surface area (Å²) in [7, 11) is 1.82. The van der Waals surface area contributed by atoms with Crippen molar-refractivity contribution in [2.45, 2.75) is 13.5 Å². The summed E-state index contributed by atoms with van der Waals surface area (Å²) in [6, 6.07) is 9.74. The van der Waals surface area contributed by atoms with E-state index in [9.17, 15) is 4.79 Å². The highest BCUT2D eigenvalue weighted by molar-refractivity contribution is 5.62. The molecule has 1 aromatic heterocycles. The van der Waals surface area contributed by atoms with Crippen LogP contribution in [-0.4, -0.2) is 17.0 Å². The van der Waals surface area contributed by atoms with Gasteiger partial charge >= 0.3 is 0 Å². The molecule has 0 radical (unpaired) electrons. The number of nitrogens with one attached hydrogen (secondary N) is 2. The van der Waals surface area contributed by atoms with Gasteiger partial charge in [0.25, 0.3) is 5.56 Å². The van der Waals surface area contributed by atoms with E-state index in [-0.39, 0.29) is 5.56 Å². The molecule has 2 aromatic rings. The maximum atomic E-state index is 11.8. The summed E-state index contributed by atoms with van der Waals surface area (Å²) in [5, 5.41) is 2.98. The summed E-state index contributed by atoms with van der Waals surface area (Å²) in [5.74, 6) is 0.655. The molecule has 1 aromatic carbocycles. The second-order valence-electron chi connectivity index (χ2n) is 3.88. The van der Waals surface area contributed by atoms with Gasteiger partial charge < -0.3 is 10.3 Å². The Bertz CT molecular complexity index is 561. The van der Waals surface area contributed by atoms with Crippen LogP contribution < -0.4 is 10.9 Å². The van der Waals surface area contributed by atoms with E-state index in [1.807, 2.05) is 37.4 Å². The Morgan fingerprint density at radius 1 is 1.29 bits per heavy atom. The molecule has 4 nitrogen and oxygen atoms in total. The minimum absolute atomic E-state index is 0.0795. The topological polar surface area (TPSA) is 57.8 Å². The van der Waals surface area contributed by atoms with Crippen LogP contribution in [0.4, 0.5) is 0 Å². The number of H-pyrrole nitrogens is 1. The van der Waals surface area contributed by atoms with Gasteiger partial charge in [0.05, 0.1) is 12.2 Å². The highest BCUT2D eigenvalue weighted by atomic mass is 16.1. The van der Waals surface area contributed by atoms with Gasteiger partial charge in [-0.15, -0.1) is 0 Å². The van der Waals surface area contributed by atoms with Crippen molar-refractivity contribution >= 4 is 0 Å². The zero-order valence-electron chi connectivity index (χ0n) is 9.95. The van der Waals surface area contributed by atoms with Crippen molar-refractivity contribution in [2.75, 3.05) is 7.05 Å². The lowest BCUT2D eigenvalue weighted by atomic mass is 10.1. The van der Waals surface area contributed by atoms with Gasteiger partial charge in [-0.3, -0.25) is 4.79 Å². The van der Waals surface area contributed by atoms with E-state index >= 15 is 0 Å². The van der Waals surface area contributed by atoms with Crippen LogP contribution in [0.1, 0.15) is 11.4 Å². The molecule has 0 aliphatic carbocycles. The van der Waals surface area contributed by atoms with E-state index in [0.717, 1.165) is 11.3 Å². The van der Waals surface area contributed by atoms with Crippen LogP contribution in [0.15, 0.2) is 35.1 Å². The van der Waals surface area contributed by atoms with Gasteiger partial charge in [0.15, 0.2) is 0 Å². The lowest BCUT2D eigenvalue weighted by Gasteiger charge is -2.07. The smallest absolute Gasteiger partial charge is 0.254 e. The van der Waals surface area contributed by atoms with Crippen LogP contribution in [0.5, 0.6) is 0 Å². The number of benzene rings is 1. The fraction of sp³-hybridized carbons (Fsp3) is 0.231. The quantitative estimate of drug-likeness (QED) is 0.837. The van der Waals surface area contributed by atoms with Gasteiger partial charge in [-0.25, -0.2) is 4.98 Å². The van der Waals surface area contributed by atoms with Crippen molar-refractivity contribution in [3.05, 3.63) is 52.1 Å². The average Bonchev–Trinajstić information content (AvgIpc) is 2.35. The normalized spacial score (nSPS) is 10.5. The summed E-state index contributed by atoms with van der Waals surface area (Å²) in [6.45, 7) is 2.34. The molecule has 0 saturated heterocycles. The van der Waals surface area contributed by atoms with Crippen LogP contribution in [0.3, 0.4) is 0 Å². The van der Waals surface area contributed by atoms with Crippen LogP contribution >= 0.6 is 0 Å². The van der Waals surface area contributed by atoms with Crippen molar-refractivity contribution in [2.24, 2.45) is 0 Å². The zero-order valence-corrected chi connectivity index (χ0v) is 9.95. The lowest BCUT2D eigenvalue weighted by Crippen LogP contribution is -2.19. The summed E-state index contributed by atoms with van der Waals surface area (Å²) in [5.41, 5.74) is 2.29. The fourth-order valence-corrected chi connectivity index (χ4v) is 1.71. The fourth-order valence-electron chi connectivity index (χ4n) is 1.71. The van der Waals surface area contributed by atoms with Crippen molar-refractivity contribution in [1.29, 1.82) is 0 Å². The first kappa shape index (κ1) is 11.5.